The zero-order chi connectivity index (χ0) is 21.5. The van der Waals surface area contributed by atoms with E-state index in [4.69, 9.17) is 27.9 Å². The van der Waals surface area contributed by atoms with Crippen molar-refractivity contribution in [1.82, 2.24) is 15.6 Å². The van der Waals surface area contributed by atoms with Crippen molar-refractivity contribution in [3.05, 3.63) is 82.1 Å². The fraction of sp³-hybridized carbons (Fsp3) is 0.0952. The maximum atomic E-state index is 12.1. The van der Waals surface area contributed by atoms with E-state index >= 15 is 0 Å². The molecule has 2 aromatic carbocycles. The van der Waals surface area contributed by atoms with Crippen LogP contribution >= 0.6 is 23.2 Å². The SMILES string of the molecule is CNC(=O)c1cc(Oc2cccc(CNC(=O)Nc3ccc(Cl)cc3Cl)c2)ccn1. The summed E-state index contributed by atoms with van der Waals surface area (Å²) in [7, 11) is 1.53. The van der Waals surface area contributed by atoms with Crippen molar-refractivity contribution in [1.29, 1.82) is 0 Å². The number of carbonyl (C=O) groups excluding carboxylic acids is 2. The van der Waals surface area contributed by atoms with Crippen molar-refractivity contribution >= 4 is 40.8 Å². The molecule has 3 aromatic rings. The van der Waals surface area contributed by atoms with Gasteiger partial charge in [-0.15, -0.1) is 0 Å². The Morgan fingerprint density at radius 2 is 1.83 bits per heavy atom. The number of hydrogen-bond acceptors (Lipinski definition) is 4. The molecule has 1 aromatic heterocycles. The lowest BCUT2D eigenvalue weighted by Gasteiger charge is -2.11. The molecule has 0 aliphatic heterocycles. The third kappa shape index (κ3) is 5.85. The molecule has 3 amide bonds. The molecule has 0 spiro atoms. The third-order valence-corrected chi connectivity index (χ3v) is 4.51. The first kappa shape index (κ1) is 21.4. The van der Waals surface area contributed by atoms with Gasteiger partial charge in [0.15, 0.2) is 0 Å². The Balaban J connectivity index is 1.60. The number of carbonyl (C=O) groups is 2. The molecule has 0 aliphatic carbocycles. The Morgan fingerprint density at radius 1 is 1.03 bits per heavy atom. The van der Waals surface area contributed by atoms with Gasteiger partial charge in [-0.25, -0.2) is 4.79 Å². The standard InChI is InChI=1S/C21H18Cl2N4O3/c1-24-20(28)19-11-16(7-8-25-19)30-15-4-2-3-13(9-15)12-26-21(29)27-18-6-5-14(22)10-17(18)23/h2-11H,12H2,1H3,(H,24,28)(H2,26,27,29). The summed E-state index contributed by atoms with van der Waals surface area (Å²) in [4.78, 5) is 27.8. The predicted octanol–water partition coefficient (Wildman–Crippen LogP) is 4.86. The van der Waals surface area contributed by atoms with Crippen LogP contribution in [0.2, 0.25) is 10.0 Å². The van der Waals surface area contributed by atoms with Gasteiger partial charge in [-0.05, 0) is 42.0 Å². The fourth-order valence-electron chi connectivity index (χ4n) is 2.52. The lowest BCUT2D eigenvalue weighted by atomic mass is 10.2. The van der Waals surface area contributed by atoms with Crippen LogP contribution in [-0.4, -0.2) is 24.0 Å². The van der Waals surface area contributed by atoms with Crippen LogP contribution in [0.1, 0.15) is 16.1 Å². The number of hydrogen-bond donors (Lipinski definition) is 3. The van der Waals surface area contributed by atoms with Gasteiger partial charge < -0.3 is 20.7 Å². The van der Waals surface area contributed by atoms with Gasteiger partial charge in [0.2, 0.25) is 0 Å². The monoisotopic (exact) mass is 444 g/mol. The Hall–Kier alpha value is -3.29. The number of anilines is 1. The van der Waals surface area contributed by atoms with Crippen LogP contribution in [0.15, 0.2) is 60.8 Å². The van der Waals surface area contributed by atoms with Crippen molar-refractivity contribution in [2.75, 3.05) is 12.4 Å². The number of benzene rings is 2. The molecule has 0 saturated carbocycles. The van der Waals surface area contributed by atoms with Crippen LogP contribution in [-0.2, 0) is 6.54 Å². The predicted molar refractivity (Wildman–Crippen MR) is 116 cm³/mol. The van der Waals surface area contributed by atoms with Crippen molar-refractivity contribution in [2.45, 2.75) is 6.54 Å². The summed E-state index contributed by atoms with van der Waals surface area (Å²) in [6.45, 7) is 0.272. The van der Waals surface area contributed by atoms with Crippen molar-refractivity contribution in [2.24, 2.45) is 0 Å². The van der Waals surface area contributed by atoms with E-state index < -0.39 is 6.03 Å². The van der Waals surface area contributed by atoms with E-state index in [0.29, 0.717) is 27.2 Å². The zero-order valence-corrected chi connectivity index (χ0v) is 17.4. The number of ether oxygens (including phenoxy) is 1. The number of amides is 3. The normalized spacial score (nSPS) is 10.2. The van der Waals surface area contributed by atoms with Gasteiger partial charge in [-0.3, -0.25) is 9.78 Å². The van der Waals surface area contributed by atoms with Crippen LogP contribution in [0, 0.1) is 0 Å². The highest BCUT2D eigenvalue weighted by atomic mass is 35.5. The summed E-state index contributed by atoms with van der Waals surface area (Å²) in [5, 5.41) is 8.77. The summed E-state index contributed by atoms with van der Waals surface area (Å²) in [6.07, 6.45) is 1.50. The molecule has 7 nitrogen and oxygen atoms in total. The highest BCUT2D eigenvalue weighted by molar-refractivity contribution is 6.36. The molecule has 30 heavy (non-hydrogen) atoms. The molecular weight excluding hydrogens is 427 g/mol. The average Bonchev–Trinajstić information content (AvgIpc) is 2.74. The lowest BCUT2D eigenvalue weighted by Crippen LogP contribution is -2.28. The van der Waals surface area contributed by atoms with Crippen LogP contribution in [0.4, 0.5) is 10.5 Å². The number of urea groups is 1. The second kappa shape index (κ2) is 9.96. The first-order valence-corrected chi connectivity index (χ1v) is 9.65. The molecule has 0 saturated heterocycles. The number of nitrogens with zero attached hydrogens (tertiary/aromatic N) is 1. The summed E-state index contributed by atoms with van der Waals surface area (Å²) in [6, 6.07) is 14.8. The quantitative estimate of drug-likeness (QED) is 0.505. The first-order valence-electron chi connectivity index (χ1n) is 8.89. The molecule has 1 heterocycles. The van der Waals surface area contributed by atoms with E-state index in [1.807, 2.05) is 6.07 Å². The Bertz CT molecular complexity index is 1080. The summed E-state index contributed by atoms with van der Waals surface area (Å²) < 4.78 is 5.81. The highest BCUT2D eigenvalue weighted by Crippen LogP contribution is 2.25. The van der Waals surface area contributed by atoms with E-state index in [2.05, 4.69) is 20.9 Å². The molecule has 3 rings (SSSR count). The number of nitrogens with one attached hydrogen (secondary N) is 3. The smallest absolute Gasteiger partial charge is 0.319 e. The van der Waals surface area contributed by atoms with E-state index in [9.17, 15) is 9.59 Å². The van der Waals surface area contributed by atoms with E-state index in [-0.39, 0.29) is 18.1 Å². The minimum atomic E-state index is -0.408. The zero-order valence-electron chi connectivity index (χ0n) is 15.9. The van der Waals surface area contributed by atoms with Crippen molar-refractivity contribution in [3.8, 4) is 11.5 Å². The summed E-state index contributed by atoms with van der Waals surface area (Å²) in [5.41, 5.74) is 1.54. The lowest BCUT2D eigenvalue weighted by molar-refractivity contribution is 0.0958. The molecule has 154 valence electrons. The second-order valence-corrected chi connectivity index (χ2v) is 6.98. The Morgan fingerprint density at radius 3 is 2.60 bits per heavy atom. The van der Waals surface area contributed by atoms with Gasteiger partial charge in [0.05, 0.1) is 10.7 Å². The molecule has 9 heteroatoms. The minimum Gasteiger partial charge on any atom is -0.457 e. The van der Waals surface area contributed by atoms with E-state index in [1.54, 1.807) is 48.5 Å². The molecule has 0 radical (unpaired) electrons. The van der Waals surface area contributed by atoms with E-state index in [1.165, 1.54) is 13.2 Å². The van der Waals surface area contributed by atoms with Crippen molar-refractivity contribution in [3.63, 3.8) is 0 Å². The van der Waals surface area contributed by atoms with Crippen LogP contribution in [0.5, 0.6) is 11.5 Å². The molecule has 0 aliphatic rings. The minimum absolute atomic E-state index is 0.255. The largest absolute Gasteiger partial charge is 0.457 e. The molecule has 0 atom stereocenters. The Kier molecular flexibility index (Phi) is 7.11. The number of rotatable bonds is 6. The summed E-state index contributed by atoms with van der Waals surface area (Å²) in [5.74, 6) is 0.735. The van der Waals surface area contributed by atoms with E-state index in [0.717, 1.165) is 5.56 Å². The van der Waals surface area contributed by atoms with Gasteiger partial charge in [0.25, 0.3) is 5.91 Å². The Labute approximate surface area is 183 Å². The third-order valence-electron chi connectivity index (χ3n) is 3.96. The number of halogens is 2. The molecule has 0 bridgehead atoms. The van der Waals surface area contributed by atoms with Gasteiger partial charge >= 0.3 is 6.03 Å². The molecule has 0 unspecified atom stereocenters. The maximum absolute atomic E-state index is 12.1. The van der Waals surface area contributed by atoms with Gasteiger partial charge in [0.1, 0.15) is 17.2 Å². The molecule has 3 N–H and O–H groups in total. The first-order chi connectivity index (χ1) is 14.4. The number of aromatic nitrogens is 1. The molecular formula is C21H18Cl2N4O3. The fourth-order valence-corrected chi connectivity index (χ4v) is 2.98. The van der Waals surface area contributed by atoms with Crippen molar-refractivity contribution < 1.29 is 14.3 Å². The van der Waals surface area contributed by atoms with Crippen LogP contribution in [0.3, 0.4) is 0 Å². The van der Waals surface area contributed by atoms with Gasteiger partial charge in [0, 0.05) is 30.9 Å². The average molecular weight is 445 g/mol. The summed E-state index contributed by atoms with van der Waals surface area (Å²) >= 11 is 11.9. The number of pyridine rings is 1. The molecule has 0 fully saturated rings. The van der Waals surface area contributed by atoms with Gasteiger partial charge in [-0.2, -0.15) is 0 Å². The maximum Gasteiger partial charge on any atom is 0.319 e. The van der Waals surface area contributed by atoms with Crippen LogP contribution in [0.25, 0.3) is 0 Å². The second-order valence-electron chi connectivity index (χ2n) is 6.14. The topological polar surface area (TPSA) is 92.4 Å². The highest BCUT2D eigenvalue weighted by Gasteiger charge is 2.08. The van der Waals surface area contributed by atoms with Gasteiger partial charge in [-0.1, -0.05) is 35.3 Å². The van der Waals surface area contributed by atoms with Crippen LogP contribution < -0.4 is 20.7 Å².